The van der Waals surface area contributed by atoms with Crippen molar-refractivity contribution < 1.29 is 4.42 Å². The smallest absolute Gasteiger partial charge is 0.143 e. The average Bonchev–Trinajstić information content (AvgIpc) is 3.89. The van der Waals surface area contributed by atoms with E-state index in [1.54, 1.807) is 0 Å². The maximum Gasteiger partial charge on any atom is 0.143 e. The molecule has 3 heteroatoms. The van der Waals surface area contributed by atoms with E-state index in [1.807, 2.05) is 12.1 Å². The van der Waals surface area contributed by atoms with Crippen LogP contribution in [0.2, 0.25) is 0 Å². The third kappa shape index (κ3) is 5.90. The van der Waals surface area contributed by atoms with Gasteiger partial charge in [-0.15, -0.1) is 0 Å². The Morgan fingerprint density at radius 2 is 0.754 bits per heavy atom. The molecule has 10 aromatic carbocycles. The first kappa shape index (κ1) is 34.9. The van der Waals surface area contributed by atoms with Crippen LogP contribution in [0, 0.1) is 0 Å². The minimum Gasteiger partial charge on any atom is -0.455 e. The van der Waals surface area contributed by atoms with E-state index < -0.39 is 0 Å². The van der Waals surface area contributed by atoms with Gasteiger partial charge < -0.3 is 13.9 Å². The van der Waals surface area contributed by atoms with Gasteiger partial charge in [0.2, 0.25) is 0 Å². The predicted octanol–water partition coefficient (Wildman–Crippen LogP) is 16.3. The Morgan fingerprint density at radius 3 is 1.43 bits per heavy atom. The van der Waals surface area contributed by atoms with Crippen molar-refractivity contribution in [3.63, 3.8) is 0 Å². The number of hydrogen-bond acceptors (Lipinski definition) is 2. The molecule has 0 saturated carbocycles. The standard InChI is InChI=1S/C58H38N2O/c1-2-13-48-41(11-1)12-9-17-49(48)42-25-23-39(24-26-42)40-27-31-44(32-28-40)59(45-33-29-43(30-34-45)50-18-10-19-54-53-16-5-8-22-57(53)61-58(50)54)46-35-37-47(38-36-46)60-55-20-6-3-14-51(55)52-15-4-7-21-56(52)60/h1-38H. The first-order chi connectivity index (χ1) is 30.2. The van der Waals surface area contributed by atoms with Gasteiger partial charge in [0.1, 0.15) is 11.2 Å². The quantitative estimate of drug-likeness (QED) is 0.161. The van der Waals surface area contributed by atoms with Gasteiger partial charge in [-0.2, -0.15) is 0 Å². The number of anilines is 3. The molecule has 61 heavy (non-hydrogen) atoms. The van der Waals surface area contributed by atoms with Gasteiger partial charge in [0.15, 0.2) is 0 Å². The van der Waals surface area contributed by atoms with Crippen molar-refractivity contribution in [2.75, 3.05) is 4.90 Å². The third-order valence-corrected chi connectivity index (χ3v) is 12.2. The first-order valence-electron chi connectivity index (χ1n) is 20.8. The molecule has 0 radical (unpaired) electrons. The van der Waals surface area contributed by atoms with Crippen LogP contribution in [-0.2, 0) is 0 Å². The molecule has 3 nitrogen and oxygen atoms in total. The van der Waals surface area contributed by atoms with Gasteiger partial charge in [0.25, 0.3) is 0 Å². The lowest BCUT2D eigenvalue weighted by molar-refractivity contribution is 0.670. The average molecular weight is 779 g/mol. The van der Waals surface area contributed by atoms with E-state index in [4.69, 9.17) is 4.42 Å². The number of fused-ring (bicyclic) bond motifs is 7. The van der Waals surface area contributed by atoms with E-state index in [0.29, 0.717) is 0 Å². The number of rotatable bonds is 7. The molecule has 0 aliphatic rings. The van der Waals surface area contributed by atoms with Crippen molar-refractivity contribution in [2.45, 2.75) is 0 Å². The molecule has 0 spiro atoms. The topological polar surface area (TPSA) is 21.3 Å². The summed E-state index contributed by atoms with van der Waals surface area (Å²) < 4.78 is 8.80. The van der Waals surface area contributed by atoms with Crippen LogP contribution in [0.4, 0.5) is 17.1 Å². The SMILES string of the molecule is c1ccc2c(-c3ccc(-c4ccc(N(c5ccc(-c6cccc7c6oc6ccccc67)cc5)c5ccc(-n6c7ccccc7c7ccccc76)cc5)cc4)cc3)cccc2c1. The molecule has 0 bridgehead atoms. The minimum absolute atomic E-state index is 0.904. The van der Waals surface area contributed by atoms with Crippen LogP contribution in [0.15, 0.2) is 235 Å². The molecule has 0 unspecified atom stereocenters. The first-order valence-corrected chi connectivity index (χ1v) is 20.8. The summed E-state index contributed by atoms with van der Waals surface area (Å²) in [7, 11) is 0. The molecular weight excluding hydrogens is 741 g/mol. The maximum atomic E-state index is 6.43. The predicted molar refractivity (Wildman–Crippen MR) is 257 cm³/mol. The minimum atomic E-state index is 0.904. The van der Waals surface area contributed by atoms with Gasteiger partial charge in [-0.1, -0.05) is 164 Å². The zero-order valence-corrected chi connectivity index (χ0v) is 33.2. The van der Waals surface area contributed by atoms with Crippen molar-refractivity contribution in [1.82, 2.24) is 4.57 Å². The Bertz CT molecular complexity index is 3500. The number of para-hydroxylation sites is 4. The molecule has 0 fully saturated rings. The summed E-state index contributed by atoms with van der Waals surface area (Å²) in [5.74, 6) is 0. The molecule has 2 heterocycles. The lowest BCUT2D eigenvalue weighted by Crippen LogP contribution is -2.10. The highest BCUT2D eigenvalue weighted by atomic mass is 16.3. The molecule has 0 aliphatic carbocycles. The van der Waals surface area contributed by atoms with E-state index in [1.165, 1.54) is 54.8 Å². The summed E-state index contributed by atoms with van der Waals surface area (Å²) in [5.41, 5.74) is 15.6. The Balaban J connectivity index is 0.924. The van der Waals surface area contributed by atoms with E-state index in [0.717, 1.165) is 55.8 Å². The van der Waals surface area contributed by atoms with Gasteiger partial charge >= 0.3 is 0 Å². The molecule has 0 atom stereocenters. The van der Waals surface area contributed by atoms with Crippen LogP contribution < -0.4 is 4.90 Å². The van der Waals surface area contributed by atoms with Crippen molar-refractivity contribution in [1.29, 1.82) is 0 Å². The van der Waals surface area contributed by atoms with Crippen LogP contribution in [-0.4, -0.2) is 4.57 Å². The van der Waals surface area contributed by atoms with Crippen molar-refractivity contribution in [3.8, 4) is 39.1 Å². The highest BCUT2D eigenvalue weighted by Crippen LogP contribution is 2.41. The Kier molecular flexibility index (Phi) is 8.17. The largest absolute Gasteiger partial charge is 0.455 e. The Labute approximate surface area is 353 Å². The van der Waals surface area contributed by atoms with Crippen LogP contribution >= 0.6 is 0 Å². The van der Waals surface area contributed by atoms with E-state index in [9.17, 15) is 0 Å². The molecule has 2 aromatic heterocycles. The fraction of sp³-hybridized carbons (Fsp3) is 0. The number of hydrogen-bond donors (Lipinski definition) is 0. The lowest BCUT2D eigenvalue weighted by atomic mass is 9.96. The molecule has 286 valence electrons. The molecule has 0 aliphatic heterocycles. The van der Waals surface area contributed by atoms with Gasteiger partial charge in [-0.05, 0) is 105 Å². The second kappa shape index (κ2) is 14.3. The van der Waals surface area contributed by atoms with Gasteiger partial charge in [-0.25, -0.2) is 0 Å². The monoisotopic (exact) mass is 778 g/mol. The Hall–Kier alpha value is -8.14. The van der Waals surface area contributed by atoms with E-state index >= 15 is 0 Å². The normalized spacial score (nSPS) is 11.6. The maximum absolute atomic E-state index is 6.43. The summed E-state index contributed by atoms with van der Waals surface area (Å²) in [5, 5.41) is 7.30. The van der Waals surface area contributed by atoms with Gasteiger partial charge in [0, 0.05) is 49.9 Å². The van der Waals surface area contributed by atoms with Crippen molar-refractivity contribution in [3.05, 3.63) is 231 Å². The summed E-state index contributed by atoms with van der Waals surface area (Å²) in [6, 6.07) is 82.8. The summed E-state index contributed by atoms with van der Waals surface area (Å²) in [4.78, 5) is 2.34. The molecular formula is C58H38N2O. The van der Waals surface area contributed by atoms with E-state index in [2.05, 4.69) is 228 Å². The number of aromatic nitrogens is 1. The third-order valence-electron chi connectivity index (χ3n) is 12.2. The summed E-state index contributed by atoms with van der Waals surface area (Å²) >= 11 is 0. The zero-order valence-electron chi connectivity index (χ0n) is 33.2. The number of benzene rings is 10. The molecule has 12 aromatic rings. The fourth-order valence-electron chi connectivity index (χ4n) is 9.29. The summed E-state index contributed by atoms with van der Waals surface area (Å²) in [6.45, 7) is 0. The van der Waals surface area contributed by atoms with Crippen LogP contribution in [0.25, 0.3) is 93.6 Å². The van der Waals surface area contributed by atoms with Gasteiger partial charge in [-0.3, -0.25) is 0 Å². The molecule has 0 N–H and O–H groups in total. The summed E-state index contributed by atoms with van der Waals surface area (Å²) in [6.07, 6.45) is 0. The van der Waals surface area contributed by atoms with Crippen molar-refractivity contribution in [2.24, 2.45) is 0 Å². The highest BCUT2D eigenvalue weighted by Gasteiger charge is 2.17. The van der Waals surface area contributed by atoms with Crippen LogP contribution in [0.3, 0.4) is 0 Å². The van der Waals surface area contributed by atoms with E-state index in [-0.39, 0.29) is 0 Å². The Morgan fingerprint density at radius 1 is 0.311 bits per heavy atom. The second-order valence-corrected chi connectivity index (χ2v) is 15.7. The van der Waals surface area contributed by atoms with Gasteiger partial charge in [0.05, 0.1) is 11.0 Å². The lowest BCUT2D eigenvalue weighted by Gasteiger charge is -2.26. The van der Waals surface area contributed by atoms with Crippen molar-refractivity contribution >= 4 is 71.6 Å². The molecule has 0 amide bonds. The highest BCUT2D eigenvalue weighted by molar-refractivity contribution is 6.10. The molecule has 12 rings (SSSR count). The number of nitrogens with zero attached hydrogens (tertiary/aromatic N) is 2. The van der Waals surface area contributed by atoms with Crippen LogP contribution in [0.5, 0.6) is 0 Å². The van der Waals surface area contributed by atoms with Crippen LogP contribution in [0.1, 0.15) is 0 Å². The number of furan rings is 1. The fourth-order valence-corrected chi connectivity index (χ4v) is 9.29. The second-order valence-electron chi connectivity index (χ2n) is 15.7. The molecule has 0 saturated heterocycles. The zero-order chi connectivity index (χ0) is 40.3.